The second-order valence-corrected chi connectivity index (χ2v) is 2.83. The number of rotatable bonds is 1. The lowest BCUT2D eigenvalue weighted by Crippen LogP contribution is -1.74. The van der Waals surface area contributed by atoms with Crippen LogP contribution in [-0.2, 0) is 0 Å². The fraction of sp³-hybridized carbons (Fsp3) is 0. The summed E-state index contributed by atoms with van der Waals surface area (Å²) in [7, 11) is 0. The fourth-order valence-electron chi connectivity index (χ4n) is 0.476. The monoisotopic (exact) mass is 220 g/mol. The molecule has 52 valence electrons. The minimum Gasteiger partial charge on any atom is -0.241 e. The first-order valence-electron chi connectivity index (χ1n) is 2.38. The first kappa shape index (κ1) is 7.63. The number of hydrogen-bond donors (Lipinski definition) is 0. The first-order chi connectivity index (χ1) is 4.74. The Kier molecular flexibility index (Phi) is 2.34. The molecule has 1 heterocycles. The molecule has 0 atom stereocenters. The molecule has 1 aromatic heterocycles. The highest BCUT2D eigenvalue weighted by molar-refractivity contribution is 9.10. The Labute approximate surface area is 70.5 Å². The van der Waals surface area contributed by atoms with Gasteiger partial charge in [-0.25, -0.2) is 4.98 Å². The number of hydrogen-bond acceptors (Lipinski definition) is 3. The Morgan fingerprint density at radius 2 is 2.40 bits per heavy atom. The molecule has 0 aliphatic heterocycles. The third-order valence-electron chi connectivity index (χ3n) is 0.886. The van der Waals surface area contributed by atoms with Crippen LogP contribution in [0.25, 0.3) is 0 Å². The lowest BCUT2D eigenvalue weighted by atomic mass is 10.4. The van der Waals surface area contributed by atoms with Crippen molar-refractivity contribution in [3.8, 4) is 0 Å². The Morgan fingerprint density at radius 1 is 1.70 bits per heavy atom. The SMILES string of the molecule is O=Nc1cc(Br)cnc1Cl. The highest BCUT2D eigenvalue weighted by atomic mass is 79.9. The molecule has 0 spiro atoms. The maximum absolute atomic E-state index is 9.98. The summed E-state index contributed by atoms with van der Waals surface area (Å²) in [6, 6.07) is 1.50. The molecule has 0 amide bonds. The van der Waals surface area contributed by atoms with Crippen LogP contribution in [0.4, 0.5) is 5.69 Å². The molecular formula is C5H2BrClN2O. The van der Waals surface area contributed by atoms with Crippen LogP contribution in [-0.4, -0.2) is 4.98 Å². The van der Waals surface area contributed by atoms with Gasteiger partial charge in [0.05, 0.1) is 0 Å². The summed E-state index contributed by atoms with van der Waals surface area (Å²) in [6.45, 7) is 0. The Hall–Kier alpha value is -0.480. The van der Waals surface area contributed by atoms with E-state index in [9.17, 15) is 4.91 Å². The molecule has 0 unspecified atom stereocenters. The fourth-order valence-corrected chi connectivity index (χ4v) is 0.933. The van der Waals surface area contributed by atoms with Gasteiger partial charge in [0.15, 0.2) is 5.15 Å². The zero-order valence-electron chi connectivity index (χ0n) is 4.71. The molecule has 10 heavy (non-hydrogen) atoms. The third kappa shape index (κ3) is 1.52. The maximum atomic E-state index is 9.98. The number of pyridine rings is 1. The van der Waals surface area contributed by atoms with Gasteiger partial charge in [-0.3, -0.25) is 0 Å². The number of halogens is 2. The van der Waals surface area contributed by atoms with Gasteiger partial charge < -0.3 is 0 Å². The molecule has 1 rings (SSSR count). The summed E-state index contributed by atoms with van der Waals surface area (Å²) in [6.07, 6.45) is 1.50. The summed E-state index contributed by atoms with van der Waals surface area (Å²) < 4.78 is 0.687. The lowest BCUT2D eigenvalue weighted by Gasteiger charge is -1.91. The standard InChI is InChI=1S/C5H2BrClN2O/c6-3-1-4(9-10)5(7)8-2-3/h1-2H. The van der Waals surface area contributed by atoms with Crippen LogP contribution >= 0.6 is 27.5 Å². The van der Waals surface area contributed by atoms with Crippen molar-refractivity contribution in [2.24, 2.45) is 5.18 Å². The van der Waals surface area contributed by atoms with Gasteiger partial charge in [-0.1, -0.05) is 11.6 Å². The summed E-state index contributed by atoms with van der Waals surface area (Å²) in [4.78, 5) is 13.7. The van der Waals surface area contributed by atoms with Gasteiger partial charge >= 0.3 is 0 Å². The van der Waals surface area contributed by atoms with Crippen molar-refractivity contribution in [3.63, 3.8) is 0 Å². The van der Waals surface area contributed by atoms with E-state index in [1.807, 2.05) is 0 Å². The molecule has 5 heteroatoms. The molecule has 3 nitrogen and oxygen atoms in total. The second-order valence-electron chi connectivity index (χ2n) is 1.55. The van der Waals surface area contributed by atoms with E-state index < -0.39 is 0 Å². The molecule has 0 aliphatic rings. The summed E-state index contributed by atoms with van der Waals surface area (Å²) >= 11 is 8.59. The molecule has 1 aromatic rings. The van der Waals surface area contributed by atoms with Crippen LogP contribution in [0.5, 0.6) is 0 Å². The van der Waals surface area contributed by atoms with Gasteiger partial charge in [-0.2, -0.15) is 0 Å². The van der Waals surface area contributed by atoms with Gasteiger partial charge in [-0.05, 0) is 27.2 Å². The van der Waals surface area contributed by atoms with E-state index in [1.54, 1.807) is 0 Å². The molecule has 0 saturated heterocycles. The molecule has 0 N–H and O–H groups in total. The van der Waals surface area contributed by atoms with Gasteiger partial charge in [0.2, 0.25) is 0 Å². The zero-order chi connectivity index (χ0) is 7.56. The van der Waals surface area contributed by atoms with E-state index >= 15 is 0 Å². The van der Waals surface area contributed by atoms with Crippen molar-refractivity contribution in [1.29, 1.82) is 0 Å². The first-order valence-corrected chi connectivity index (χ1v) is 3.55. The Bertz CT molecular complexity index is 266. The highest BCUT2D eigenvalue weighted by Crippen LogP contribution is 2.24. The molecule has 0 bridgehead atoms. The average Bonchev–Trinajstić information content (AvgIpc) is 1.94. The molecule has 0 aliphatic carbocycles. The number of nitrogens with zero attached hydrogens (tertiary/aromatic N) is 2. The van der Waals surface area contributed by atoms with Crippen molar-refractivity contribution in [3.05, 3.63) is 26.8 Å². The smallest absolute Gasteiger partial charge is 0.158 e. The van der Waals surface area contributed by atoms with Crippen molar-refractivity contribution in [2.75, 3.05) is 0 Å². The van der Waals surface area contributed by atoms with E-state index in [1.165, 1.54) is 12.3 Å². The predicted octanol–water partition coefficient (Wildman–Crippen LogP) is 2.90. The minimum absolute atomic E-state index is 0.123. The van der Waals surface area contributed by atoms with Gasteiger partial charge in [0.1, 0.15) is 5.69 Å². The molecule has 0 saturated carbocycles. The topological polar surface area (TPSA) is 42.3 Å². The molecule has 0 aromatic carbocycles. The van der Waals surface area contributed by atoms with Gasteiger partial charge in [0, 0.05) is 10.7 Å². The van der Waals surface area contributed by atoms with Gasteiger partial charge in [-0.15, -0.1) is 4.91 Å². The zero-order valence-corrected chi connectivity index (χ0v) is 7.06. The van der Waals surface area contributed by atoms with Crippen LogP contribution in [0.2, 0.25) is 5.15 Å². The van der Waals surface area contributed by atoms with E-state index in [-0.39, 0.29) is 10.8 Å². The van der Waals surface area contributed by atoms with Crippen molar-refractivity contribution >= 4 is 33.2 Å². The molecule has 0 fully saturated rings. The van der Waals surface area contributed by atoms with E-state index in [2.05, 4.69) is 26.1 Å². The molecular weight excluding hydrogens is 219 g/mol. The number of nitroso groups, excluding NO2 is 1. The maximum Gasteiger partial charge on any atom is 0.158 e. The minimum atomic E-state index is 0.123. The second kappa shape index (κ2) is 3.07. The highest BCUT2D eigenvalue weighted by Gasteiger charge is 2.00. The van der Waals surface area contributed by atoms with Crippen molar-refractivity contribution in [1.82, 2.24) is 4.98 Å². The van der Waals surface area contributed by atoms with Crippen LogP contribution in [0.1, 0.15) is 0 Å². The van der Waals surface area contributed by atoms with Crippen LogP contribution in [0.15, 0.2) is 21.9 Å². The summed E-state index contributed by atoms with van der Waals surface area (Å²) in [5.41, 5.74) is 0.149. The number of aromatic nitrogens is 1. The molecule has 0 radical (unpaired) electrons. The summed E-state index contributed by atoms with van der Waals surface area (Å²) in [5.74, 6) is 0. The van der Waals surface area contributed by atoms with Crippen LogP contribution in [0, 0.1) is 4.91 Å². The third-order valence-corrected chi connectivity index (χ3v) is 1.61. The van der Waals surface area contributed by atoms with Crippen molar-refractivity contribution in [2.45, 2.75) is 0 Å². The van der Waals surface area contributed by atoms with E-state index in [0.717, 1.165) is 0 Å². The van der Waals surface area contributed by atoms with E-state index in [0.29, 0.717) is 4.47 Å². The largest absolute Gasteiger partial charge is 0.241 e. The van der Waals surface area contributed by atoms with E-state index in [4.69, 9.17) is 11.6 Å². The average molecular weight is 221 g/mol. The Morgan fingerprint density at radius 3 is 2.90 bits per heavy atom. The summed E-state index contributed by atoms with van der Waals surface area (Å²) in [5, 5.41) is 2.78. The van der Waals surface area contributed by atoms with Gasteiger partial charge in [0.25, 0.3) is 0 Å². The van der Waals surface area contributed by atoms with Crippen LogP contribution < -0.4 is 0 Å². The quantitative estimate of drug-likeness (QED) is 0.540. The van der Waals surface area contributed by atoms with Crippen LogP contribution in [0.3, 0.4) is 0 Å². The van der Waals surface area contributed by atoms with Crippen molar-refractivity contribution < 1.29 is 0 Å². The normalized spacial score (nSPS) is 9.40. The Balaban J connectivity index is 3.21. The lowest BCUT2D eigenvalue weighted by molar-refractivity contribution is 1.28. The predicted molar refractivity (Wildman–Crippen MR) is 42.4 cm³/mol.